The van der Waals surface area contributed by atoms with Crippen molar-refractivity contribution in [1.82, 2.24) is 4.98 Å². The third-order valence-electron chi connectivity index (χ3n) is 4.54. The molecular formula is C22H21N3O4S. The maximum Gasteiger partial charge on any atom is 0.308 e. The van der Waals surface area contributed by atoms with Gasteiger partial charge < -0.3 is 4.74 Å². The molecule has 1 saturated heterocycles. The Morgan fingerprint density at radius 1 is 1.27 bits per heavy atom. The zero-order valence-corrected chi connectivity index (χ0v) is 17.6. The Hall–Kier alpha value is -3.18. The van der Waals surface area contributed by atoms with Gasteiger partial charge in [-0.1, -0.05) is 25.1 Å². The van der Waals surface area contributed by atoms with E-state index in [4.69, 9.17) is 4.74 Å². The normalized spacial score (nSPS) is 15.9. The van der Waals surface area contributed by atoms with Crippen molar-refractivity contribution in [2.45, 2.75) is 49.8 Å². The van der Waals surface area contributed by atoms with Gasteiger partial charge in [0.05, 0.1) is 16.5 Å². The van der Waals surface area contributed by atoms with Crippen LogP contribution in [0.15, 0.2) is 41.4 Å². The summed E-state index contributed by atoms with van der Waals surface area (Å²) in [6.07, 6.45) is 2.85. The zero-order valence-electron chi connectivity index (χ0n) is 16.8. The summed E-state index contributed by atoms with van der Waals surface area (Å²) in [5.74, 6) is -0.786. The number of anilines is 1. The van der Waals surface area contributed by atoms with Crippen molar-refractivity contribution in [3.05, 3.63) is 47.7 Å². The summed E-state index contributed by atoms with van der Waals surface area (Å²) in [6.45, 7) is 3.39. The Balaban J connectivity index is 1.78. The maximum atomic E-state index is 12.9. The Bertz CT molecular complexity index is 1010. The third-order valence-corrected chi connectivity index (χ3v) is 5.73. The van der Waals surface area contributed by atoms with Crippen molar-refractivity contribution in [2.24, 2.45) is 0 Å². The molecule has 2 heterocycles. The summed E-state index contributed by atoms with van der Waals surface area (Å²) in [7, 11) is 0. The molecule has 0 radical (unpaired) electrons. The number of esters is 1. The van der Waals surface area contributed by atoms with E-state index in [1.807, 2.05) is 6.07 Å². The first-order valence-corrected chi connectivity index (χ1v) is 10.5. The maximum absolute atomic E-state index is 12.9. The summed E-state index contributed by atoms with van der Waals surface area (Å²) in [5, 5.41) is 9.22. The number of amides is 2. The fourth-order valence-electron chi connectivity index (χ4n) is 3.08. The van der Waals surface area contributed by atoms with Crippen LogP contribution in [0.1, 0.15) is 44.4 Å². The van der Waals surface area contributed by atoms with Crippen LogP contribution in [0, 0.1) is 11.3 Å². The van der Waals surface area contributed by atoms with Gasteiger partial charge in [-0.3, -0.25) is 14.4 Å². The van der Waals surface area contributed by atoms with Crippen LogP contribution in [0.5, 0.6) is 5.75 Å². The number of nitrogens with zero attached hydrogens (tertiary/aromatic N) is 3. The van der Waals surface area contributed by atoms with Gasteiger partial charge in [-0.05, 0) is 49.2 Å². The smallest absolute Gasteiger partial charge is 0.308 e. The molecule has 1 fully saturated rings. The minimum atomic E-state index is -0.647. The van der Waals surface area contributed by atoms with Gasteiger partial charge in [-0.25, -0.2) is 9.88 Å². The molecule has 2 aromatic rings. The van der Waals surface area contributed by atoms with Crippen LogP contribution in [0.2, 0.25) is 0 Å². The van der Waals surface area contributed by atoms with E-state index in [2.05, 4.69) is 18.0 Å². The van der Waals surface area contributed by atoms with Gasteiger partial charge in [-0.2, -0.15) is 5.26 Å². The Labute approximate surface area is 179 Å². The summed E-state index contributed by atoms with van der Waals surface area (Å²) in [5.41, 5.74) is 1.67. The summed E-state index contributed by atoms with van der Waals surface area (Å²) >= 11 is 1.16. The molecule has 0 saturated carbocycles. The Morgan fingerprint density at radius 3 is 2.63 bits per heavy atom. The molecule has 1 aromatic heterocycles. The Morgan fingerprint density at radius 2 is 2.00 bits per heavy atom. The number of rotatable bonds is 7. The van der Waals surface area contributed by atoms with Crippen LogP contribution >= 0.6 is 11.8 Å². The second kappa shape index (κ2) is 9.55. The predicted octanol–water partition coefficient (Wildman–Crippen LogP) is 3.65. The topological polar surface area (TPSA) is 100 Å². The van der Waals surface area contributed by atoms with Gasteiger partial charge in [-0.15, -0.1) is 0 Å². The number of nitriles is 1. The lowest BCUT2D eigenvalue weighted by Gasteiger charge is -2.15. The molecule has 1 unspecified atom stereocenters. The number of pyridine rings is 1. The monoisotopic (exact) mass is 423 g/mol. The summed E-state index contributed by atoms with van der Waals surface area (Å²) in [4.78, 5) is 42.2. The molecule has 154 valence electrons. The van der Waals surface area contributed by atoms with E-state index < -0.39 is 11.2 Å². The molecule has 0 spiro atoms. The minimum Gasteiger partial charge on any atom is -0.427 e. The molecule has 0 N–H and O–H groups in total. The average Bonchev–Trinajstić information content (AvgIpc) is 3.00. The van der Waals surface area contributed by atoms with E-state index in [0.29, 0.717) is 22.0 Å². The van der Waals surface area contributed by atoms with E-state index in [-0.39, 0.29) is 18.2 Å². The van der Waals surface area contributed by atoms with Crippen molar-refractivity contribution in [3.8, 4) is 11.8 Å². The van der Waals surface area contributed by atoms with Crippen LogP contribution in [0.3, 0.4) is 0 Å². The molecule has 30 heavy (non-hydrogen) atoms. The standard InChI is InChI=1S/C22H21N3O4S/c1-3-4-5-16-7-6-15(13-23)21(24-16)30-19-12-20(27)25(22(19)28)17-8-10-18(11-9-17)29-14(2)26/h6-11,19H,3-5,12H2,1-2H3. The summed E-state index contributed by atoms with van der Waals surface area (Å²) in [6, 6.07) is 11.8. The molecule has 7 nitrogen and oxygen atoms in total. The molecule has 3 rings (SSSR count). The van der Waals surface area contributed by atoms with Crippen molar-refractivity contribution < 1.29 is 19.1 Å². The SMILES string of the molecule is CCCCc1ccc(C#N)c(SC2CC(=O)N(c3ccc(OC(C)=O)cc3)C2=O)n1. The lowest BCUT2D eigenvalue weighted by molar-refractivity contribution is -0.132. The molecule has 1 aliphatic rings. The first-order chi connectivity index (χ1) is 14.4. The van der Waals surface area contributed by atoms with Gasteiger partial charge in [0.2, 0.25) is 11.8 Å². The van der Waals surface area contributed by atoms with Gasteiger partial charge in [0.1, 0.15) is 16.8 Å². The van der Waals surface area contributed by atoms with Crippen LogP contribution < -0.4 is 9.64 Å². The molecule has 0 bridgehead atoms. The lowest BCUT2D eigenvalue weighted by Crippen LogP contribution is -2.31. The first kappa shape index (κ1) is 21.5. The van der Waals surface area contributed by atoms with Crippen molar-refractivity contribution in [3.63, 3.8) is 0 Å². The molecule has 1 atom stereocenters. The first-order valence-electron chi connectivity index (χ1n) is 9.65. The number of carbonyl (C=O) groups is 3. The van der Waals surface area contributed by atoms with Gasteiger partial charge >= 0.3 is 5.97 Å². The number of carbonyl (C=O) groups excluding carboxylic acids is 3. The number of hydrogen-bond donors (Lipinski definition) is 0. The van der Waals surface area contributed by atoms with Crippen molar-refractivity contribution in [1.29, 1.82) is 5.26 Å². The number of imide groups is 1. The quantitative estimate of drug-likeness (QED) is 0.381. The number of aryl methyl sites for hydroxylation is 1. The van der Waals surface area contributed by atoms with Crippen LogP contribution in [-0.4, -0.2) is 28.0 Å². The van der Waals surface area contributed by atoms with Crippen LogP contribution in [-0.2, 0) is 20.8 Å². The molecule has 1 aromatic carbocycles. The average molecular weight is 423 g/mol. The largest absolute Gasteiger partial charge is 0.427 e. The molecule has 0 aliphatic carbocycles. The van der Waals surface area contributed by atoms with Crippen LogP contribution in [0.4, 0.5) is 5.69 Å². The predicted molar refractivity (Wildman–Crippen MR) is 112 cm³/mol. The highest BCUT2D eigenvalue weighted by atomic mass is 32.2. The number of aromatic nitrogens is 1. The fourth-order valence-corrected chi connectivity index (χ4v) is 4.19. The van der Waals surface area contributed by atoms with E-state index in [0.717, 1.165) is 41.6 Å². The number of ether oxygens (including phenoxy) is 1. The van der Waals surface area contributed by atoms with Crippen molar-refractivity contribution >= 4 is 35.2 Å². The van der Waals surface area contributed by atoms with Gasteiger partial charge in [0.15, 0.2) is 0 Å². The van der Waals surface area contributed by atoms with Crippen molar-refractivity contribution in [2.75, 3.05) is 4.90 Å². The zero-order chi connectivity index (χ0) is 21.7. The highest BCUT2D eigenvalue weighted by Gasteiger charge is 2.40. The number of thioether (sulfide) groups is 1. The number of benzene rings is 1. The molecule has 8 heteroatoms. The number of hydrogen-bond acceptors (Lipinski definition) is 7. The van der Waals surface area contributed by atoms with Crippen LogP contribution in [0.25, 0.3) is 0 Å². The highest BCUT2D eigenvalue weighted by Crippen LogP contribution is 2.35. The second-order valence-electron chi connectivity index (χ2n) is 6.84. The fraction of sp³-hybridized carbons (Fsp3) is 0.318. The highest BCUT2D eigenvalue weighted by molar-refractivity contribution is 8.00. The molecule has 1 aliphatic heterocycles. The van der Waals surface area contributed by atoms with Gasteiger partial charge in [0, 0.05) is 19.0 Å². The minimum absolute atomic E-state index is 0.0287. The Kier molecular flexibility index (Phi) is 6.85. The third kappa shape index (κ3) is 4.86. The molecular weight excluding hydrogens is 402 g/mol. The van der Waals surface area contributed by atoms with E-state index in [1.54, 1.807) is 18.2 Å². The van der Waals surface area contributed by atoms with E-state index in [1.165, 1.54) is 19.1 Å². The van der Waals surface area contributed by atoms with E-state index >= 15 is 0 Å². The van der Waals surface area contributed by atoms with E-state index in [9.17, 15) is 19.6 Å². The number of unbranched alkanes of at least 4 members (excludes halogenated alkanes) is 1. The lowest BCUT2D eigenvalue weighted by atomic mass is 10.2. The molecule has 2 amide bonds. The summed E-state index contributed by atoms with van der Waals surface area (Å²) < 4.78 is 4.98. The second-order valence-corrected chi connectivity index (χ2v) is 8.03. The van der Waals surface area contributed by atoms with Gasteiger partial charge in [0.25, 0.3) is 0 Å².